The molecule has 1 aromatic carbocycles. The maximum atomic E-state index is 14.3. The third kappa shape index (κ3) is 3.00. The van der Waals surface area contributed by atoms with Crippen molar-refractivity contribution in [1.82, 2.24) is 5.32 Å². The van der Waals surface area contributed by atoms with Crippen LogP contribution >= 0.6 is 0 Å². The number of nitrogens with one attached hydrogen (secondary N) is 1. The summed E-state index contributed by atoms with van der Waals surface area (Å²) >= 11 is 0. The normalized spacial score (nSPS) is 29.2. The summed E-state index contributed by atoms with van der Waals surface area (Å²) in [5.74, 6) is 2.05. The second-order valence-corrected chi connectivity index (χ2v) is 6.27. The largest absolute Gasteiger partial charge is 0.313 e. The molecular formula is C17H26FN. The van der Waals surface area contributed by atoms with Crippen LogP contribution in [-0.2, 0) is 0 Å². The van der Waals surface area contributed by atoms with Gasteiger partial charge in [-0.15, -0.1) is 0 Å². The SMILES string of the molecule is CNC(c1cccc(C)c1F)C1CCC(C)C(C)C1. The molecule has 2 rings (SSSR count). The van der Waals surface area contributed by atoms with Crippen LogP contribution in [0.2, 0.25) is 0 Å². The van der Waals surface area contributed by atoms with Gasteiger partial charge in [0.2, 0.25) is 0 Å². The van der Waals surface area contributed by atoms with Crippen LogP contribution in [-0.4, -0.2) is 7.05 Å². The molecule has 0 radical (unpaired) electrons. The zero-order valence-corrected chi connectivity index (χ0v) is 12.5. The lowest BCUT2D eigenvalue weighted by Gasteiger charge is -2.37. The predicted octanol–water partition coefficient (Wildman–Crippen LogP) is 4.47. The first-order chi connectivity index (χ1) is 9.04. The molecule has 1 fully saturated rings. The Bertz CT molecular complexity index is 429. The summed E-state index contributed by atoms with van der Waals surface area (Å²) in [4.78, 5) is 0. The smallest absolute Gasteiger partial charge is 0.130 e. The van der Waals surface area contributed by atoms with E-state index in [1.165, 1.54) is 19.3 Å². The van der Waals surface area contributed by atoms with Crippen LogP contribution in [0.1, 0.15) is 50.3 Å². The predicted molar refractivity (Wildman–Crippen MR) is 78.6 cm³/mol. The monoisotopic (exact) mass is 263 g/mol. The van der Waals surface area contributed by atoms with E-state index in [0.717, 1.165) is 23.0 Å². The zero-order valence-electron chi connectivity index (χ0n) is 12.5. The molecule has 1 saturated carbocycles. The van der Waals surface area contributed by atoms with Crippen LogP contribution in [0.4, 0.5) is 4.39 Å². The van der Waals surface area contributed by atoms with Crippen LogP contribution in [0, 0.1) is 30.5 Å². The molecule has 0 amide bonds. The molecule has 19 heavy (non-hydrogen) atoms. The van der Waals surface area contributed by atoms with Gasteiger partial charge in [-0.1, -0.05) is 38.5 Å². The highest BCUT2D eigenvalue weighted by Gasteiger charge is 2.31. The standard InChI is InChI=1S/C17H26FN/c1-11-8-9-14(10-13(11)3)17(19-4)15-7-5-6-12(2)16(15)18/h5-7,11,13-14,17,19H,8-10H2,1-4H3. The van der Waals surface area contributed by atoms with Gasteiger partial charge >= 0.3 is 0 Å². The maximum Gasteiger partial charge on any atom is 0.130 e. The zero-order chi connectivity index (χ0) is 14.0. The van der Waals surface area contributed by atoms with Gasteiger partial charge in [0.25, 0.3) is 0 Å². The molecule has 1 N–H and O–H groups in total. The molecule has 0 saturated heterocycles. The van der Waals surface area contributed by atoms with Crippen molar-refractivity contribution in [2.24, 2.45) is 17.8 Å². The van der Waals surface area contributed by atoms with Gasteiger partial charge in [-0.2, -0.15) is 0 Å². The Kier molecular flexibility index (Phi) is 4.62. The van der Waals surface area contributed by atoms with Crippen molar-refractivity contribution in [1.29, 1.82) is 0 Å². The van der Waals surface area contributed by atoms with Crippen molar-refractivity contribution < 1.29 is 4.39 Å². The molecule has 0 bridgehead atoms. The Morgan fingerprint density at radius 1 is 1.21 bits per heavy atom. The third-order valence-electron chi connectivity index (χ3n) is 4.98. The van der Waals surface area contributed by atoms with E-state index in [1.807, 2.05) is 32.2 Å². The first kappa shape index (κ1) is 14.5. The minimum absolute atomic E-state index is 0.0341. The van der Waals surface area contributed by atoms with Crippen molar-refractivity contribution in [3.63, 3.8) is 0 Å². The van der Waals surface area contributed by atoms with E-state index < -0.39 is 0 Å². The molecule has 1 aliphatic carbocycles. The summed E-state index contributed by atoms with van der Waals surface area (Å²) < 4.78 is 14.3. The Balaban J connectivity index is 2.22. The molecule has 106 valence electrons. The fourth-order valence-corrected chi connectivity index (χ4v) is 3.45. The first-order valence-electron chi connectivity index (χ1n) is 7.46. The molecule has 0 aromatic heterocycles. The number of hydrogen-bond acceptors (Lipinski definition) is 1. The second-order valence-electron chi connectivity index (χ2n) is 6.27. The number of halogens is 1. The van der Waals surface area contributed by atoms with Crippen molar-refractivity contribution in [2.75, 3.05) is 7.05 Å². The maximum absolute atomic E-state index is 14.3. The molecule has 0 heterocycles. The van der Waals surface area contributed by atoms with Crippen molar-refractivity contribution >= 4 is 0 Å². The van der Waals surface area contributed by atoms with E-state index in [-0.39, 0.29) is 11.9 Å². The van der Waals surface area contributed by atoms with Crippen molar-refractivity contribution in [3.05, 3.63) is 35.1 Å². The average molecular weight is 263 g/mol. The summed E-state index contributed by atoms with van der Waals surface area (Å²) in [6, 6.07) is 5.89. The summed E-state index contributed by atoms with van der Waals surface area (Å²) in [5.41, 5.74) is 1.59. The highest BCUT2D eigenvalue weighted by atomic mass is 19.1. The van der Waals surface area contributed by atoms with Gasteiger partial charge in [-0.05, 0) is 50.1 Å². The minimum atomic E-state index is -0.0341. The molecule has 0 spiro atoms. The quantitative estimate of drug-likeness (QED) is 0.848. The Morgan fingerprint density at radius 2 is 1.95 bits per heavy atom. The fourth-order valence-electron chi connectivity index (χ4n) is 3.45. The van der Waals surface area contributed by atoms with E-state index in [9.17, 15) is 4.39 Å². The summed E-state index contributed by atoms with van der Waals surface area (Å²) in [6.45, 7) is 6.51. The van der Waals surface area contributed by atoms with Crippen LogP contribution in [0.5, 0.6) is 0 Å². The number of benzene rings is 1. The van der Waals surface area contributed by atoms with E-state index in [2.05, 4.69) is 19.2 Å². The van der Waals surface area contributed by atoms with Crippen LogP contribution in [0.3, 0.4) is 0 Å². The molecule has 4 atom stereocenters. The molecule has 0 aliphatic heterocycles. The Hall–Kier alpha value is -0.890. The highest BCUT2D eigenvalue weighted by molar-refractivity contribution is 5.28. The van der Waals surface area contributed by atoms with Gasteiger partial charge in [-0.3, -0.25) is 0 Å². The van der Waals surface area contributed by atoms with Gasteiger partial charge in [0, 0.05) is 11.6 Å². The van der Waals surface area contributed by atoms with Crippen LogP contribution in [0.25, 0.3) is 0 Å². The number of hydrogen-bond donors (Lipinski definition) is 1. The molecule has 1 aromatic rings. The minimum Gasteiger partial charge on any atom is -0.313 e. The highest BCUT2D eigenvalue weighted by Crippen LogP contribution is 2.40. The first-order valence-corrected chi connectivity index (χ1v) is 7.46. The Morgan fingerprint density at radius 3 is 2.58 bits per heavy atom. The molecule has 1 nitrogen and oxygen atoms in total. The lowest BCUT2D eigenvalue weighted by Crippen LogP contribution is -2.32. The lowest BCUT2D eigenvalue weighted by atomic mass is 9.72. The Labute approximate surface area is 116 Å². The van der Waals surface area contributed by atoms with E-state index >= 15 is 0 Å². The van der Waals surface area contributed by atoms with Gasteiger partial charge in [-0.25, -0.2) is 4.39 Å². The van der Waals surface area contributed by atoms with E-state index in [0.29, 0.717) is 5.92 Å². The van der Waals surface area contributed by atoms with Gasteiger partial charge < -0.3 is 5.32 Å². The van der Waals surface area contributed by atoms with Gasteiger partial charge in [0.15, 0.2) is 0 Å². The lowest BCUT2D eigenvalue weighted by molar-refractivity contribution is 0.173. The second kappa shape index (κ2) is 6.04. The number of aryl methyl sites for hydroxylation is 1. The summed E-state index contributed by atoms with van der Waals surface area (Å²) in [6.07, 6.45) is 3.65. The van der Waals surface area contributed by atoms with Gasteiger partial charge in [0.05, 0.1) is 0 Å². The topological polar surface area (TPSA) is 12.0 Å². The average Bonchev–Trinajstić information content (AvgIpc) is 2.39. The molecule has 4 unspecified atom stereocenters. The van der Waals surface area contributed by atoms with E-state index in [1.54, 1.807) is 0 Å². The van der Waals surface area contributed by atoms with E-state index in [4.69, 9.17) is 0 Å². The van der Waals surface area contributed by atoms with Gasteiger partial charge in [0.1, 0.15) is 5.82 Å². The molecule has 2 heteroatoms. The third-order valence-corrected chi connectivity index (χ3v) is 4.98. The van der Waals surface area contributed by atoms with Crippen molar-refractivity contribution in [2.45, 2.75) is 46.1 Å². The van der Waals surface area contributed by atoms with Crippen LogP contribution < -0.4 is 5.32 Å². The number of rotatable bonds is 3. The summed E-state index contributed by atoms with van der Waals surface area (Å²) in [5, 5.41) is 3.35. The van der Waals surface area contributed by atoms with Crippen molar-refractivity contribution in [3.8, 4) is 0 Å². The molecular weight excluding hydrogens is 237 g/mol. The van der Waals surface area contributed by atoms with Crippen LogP contribution in [0.15, 0.2) is 18.2 Å². The summed E-state index contributed by atoms with van der Waals surface area (Å²) in [7, 11) is 1.95. The fraction of sp³-hybridized carbons (Fsp3) is 0.647. The molecule has 1 aliphatic rings.